The van der Waals surface area contributed by atoms with Gasteiger partial charge in [0.1, 0.15) is 0 Å². The van der Waals surface area contributed by atoms with Crippen LogP contribution in [-0.4, -0.2) is 21.0 Å². The van der Waals surface area contributed by atoms with Gasteiger partial charge >= 0.3 is 0 Å². The normalized spacial score (nSPS) is 10.5. The maximum atomic E-state index is 12.4. The molecule has 2 heterocycles. The average Bonchev–Trinajstić information content (AvgIpc) is 2.54. The number of amides is 1. The van der Waals surface area contributed by atoms with E-state index in [0.29, 0.717) is 16.8 Å². The van der Waals surface area contributed by atoms with E-state index in [9.17, 15) is 9.90 Å². The van der Waals surface area contributed by atoms with Crippen LogP contribution in [0.2, 0.25) is 0 Å². The number of carbonyl (C=O) groups excluding carboxylic acids is 1. The first-order chi connectivity index (χ1) is 10.3. The van der Waals surface area contributed by atoms with Crippen LogP contribution in [0.4, 0.5) is 5.69 Å². The molecular weight excluding hydrogens is 266 g/mol. The molecule has 0 unspecified atom stereocenters. The highest BCUT2D eigenvalue weighted by molar-refractivity contribution is 6.12. The molecule has 1 aromatic carbocycles. The van der Waals surface area contributed by atoms with Gasteiger partial charge in [0.05, 0.1) is 24.0 Å². The van der Waals surface area contributed by atoms with E-state index in [4.69, 9.17) is 0 Å². The number of aromatic nitrogens is 2. The molecule has 21 heavy (non-hydrogen) atoms. The number of aliphatic hydroxyl groups is 1. The molecule has 0 saturated heterocycles. The highest BCUT2D eigenvalue weighted by Gasteiger charge is 2.12. The van der Waals surface area contributed by atoms with Crippen molar-refractivity contribution in [2.24, 2.45) is 0 Å². The van der Waals surface area contributed by atoms with E-state index in [1.165, 1.54) is 6.20 Å². The van der Waals surface area contributed by atoms with Gasteiger partial charge in [0.25, 0.3) is 5.91 Å². The molecule has 104 valence electrons. The van der Waals surface area contributed by atoms with Crippen LogP contribution in [0.1, 0.15) is 15.9 Å². The van der Waals surface area contributed by atoms with Crippen molar-refractivity contribution in [3.05, 3.63) is 66.1 Å². The molecule has 2 aromatic heterocycles. The number of anilines is 1. The molecule has 0 spiro atoms. The molecule has 0 bridgehead atoms. The van der Waals surface area contributed by atoms with Crippen LogP contribution in [0.25, 0.3) is 10.9 Å². The number of hydrogen-bond donors (Lipinski definition) is 2. The van der Waals surface area contributed by atoms with Crippen molar-refractivity contribution in [1.82, 2.24) is 9.97 Å². The lowest BCUT2D eigenvalue weighted by Crippen LogP contribution is -2.14. The zero-order valence-corrected chi connectivity index (χ0v) is 11.2. The molecule has 0 saturated carbocycles. The Morgan fingerprint density at radius 3 is 2.90 bits per heavy atom. The van der Waals surface area contributed by atoms with E-state index < -0.39 is 0 Å². The summed E-state index contributed by atoms with van der Waals surface area (Å²) in [4.78, 5) is 20.6. The molecule has 3 rings (SSSR count). The Labute approximate surface area is 121 Å². The molecule has 0 fully saturated rings. The summed E-state index contributed by atoms with van der Waals surface area (Å²) in [6.07, 6.45) is 4.78. The fourth-order valence-electron chi connectivity index (χ4n) is 2.16. The highest BCUT2D eigenvalue weighted by atomic mass is 16.3. The fraction of sp³-hybridized carbons (Fsp3) is 0.0625. The second-order valence-corrected chi connectivity index (χ2v) is 4.52. The lowest BCUT2D eigenvalue weighted by Gasteiger charge is -2.10. The fourth-order valence-corrected chi connectivity index (χ4v) is 2.16. The second kappa shape index (κ2) is 5.68. The number of aliphatic hydroxyl groups excluding tert-OH is 1. The largest absolute Gasteiger partial charge is 0.392 e. The Kier molecular flexibility index (Phi) is 3.57. The topological polar surface area (TPSA) is 75.1 Å². The number of hydrogen-bond acceptors (Lipinski definition) is 4. The molecule has 2 N–H and O–H groups in total. The predicted octanol–water partition coefficient (Wildman–Crippen LogP) is 2.37. The zero-order chi connectivity index (χ0) is 14.7. The number of fused-ring (bicyclic) bond motifs is 1. The van der Waals surface area contributed by atoms with Gasteiger partial charge in [0, 0.05) is 28.9 Å². The van der Waals surface area contributed by atoms with Crippen molar-refractivity contribution in [3.8, 4) is 0 Å². The molecule has 1 amide bonds. The van der Waals surface area contributed by atoms with Crippen LogP contribution in [0.5, 0.6) is 0 Å². The minimum atomic E-state index is -0.253. The van der Waals surface area contributed by atoms with Crippen LogP contribution in [-0.2, 0) is 6.61 Å². The van der Waals surface area contributed by atoms with E-state index in [1.807, 2.05) is 12.1 Å². The molecule has 5 heteroatoms. The van der Waals surface area contributed by atoms with Gasteiger partial charge < -0.3 is 10.4 Å². The zero-order valence-electron chi connectivity index (χ0n) is 11.2. The quantitative estimate of drug-likeness (QED) is 0.772. The van der Waals surface area contributed by atoms with E-state index in [-0.39, 0.29) is 12.5 Å². The van der Waals surface area contributed by atoms with Crippen LogP contribution >= 0.6 is 0 Å². The van der Waals surface area contributed by atoms with Gasteiger partial charge in [0.2, 0.25) is 0 Å². The maximum Gasteiger partial charge on any atom is 0.256 e. The lowest BCUT2D eigenvalue weighted by molar-refractivity contribution is 0.102. The first-order valence-corrected chi connectivity index (χ1v) is 6.48. The monoisotopic (exact) mass is 279 g/mol. The van der Waals surface area contributed by atoms with Gasteiger partial charge in [-0.3, -0.25) is 14.8 Å². The Bertz CT molecular complexity index is 797. The van der Waals surface area contributed by atoms with Crippen molar-refractivity contribution < 1.29 is 9.90 Å². The second-order valence-electron chi connectivity index (χ2n) is 4.52. The van der Waals surface area contributed by atoms with Crippen LogP contribution in [0.15, 0.2) is 55.0 Å². The summed E-state index contributed by atoms with van der Waals surface area (Å²) in [5, 5.41) is 12.8. The third kappa shape index (κ3) is 2.59. The SMILES string of the molecule is O=C(Nc1cnccc1CO)c1cccc2ncccc12. The minimum absolute atomic E-state index is 0.158. The summed E-state index contributed by atoms with van der Waals surface area (Å²) in [6.45, 7) is -0.158. The number of carbonyl (C=O) groups is 1. The van der Waals surface area contributed by atoms with Crippen molar-refractivity contribution in [2.75, 3.05) is 5.32 Å². The molecule has 3 aromatic rings. The number of pyridine rings is 2. The summed E-state index contributed by atoms with van der Waals surface area (Å²) in [6, 6.07) is 10.7. The van der Waals surface area contributed by atoms with Crippen LogP contribution < -0.4 is 5.32 Å². The van der Waals surface area contributed by atoms with Gasteiger partial charge in [-0.2, -0.15) is 0 Å². The summed E-state index contributed by atoms with van der Waals surface area (Å²) >= 11 is 0. The summed E-state index contributed by atoms with van der Waals surface area (Å²) in [7, 11) is 0. The van der Waals surface area contributed by atoms with Crippen molar-refractivity contribution in [1.29, 1.82) is 0 Å². The van der Waals surface area contributed by atoms with E-state index in [2.05, 4.69) is 15.3 Å². The number of benzene rings is 1. The minimum Gasteiger partial charge on any atom is -0.392 e. The smallest absolute Gasteiger partial charge is 0.256 e. The van der Waals surface area contributed by atoms with E-state index in [1.54, 1.807) is 36.7 Å². The van der Waals surface area contributed by atoms with Crippen LogP contribution in [0, 0.1) is 0 Å². The predicted molar refractivity (Wildman–Crippen MR) is 79.9 cm³/mol. The van der Waals surface area contributed by atoms with Crippen molar-refractivity contribution in [2.45, 2.75) is 6.61 Å². The molecular formula is C16H13N3O2. The molecule has 0 atom stereocenters. The maximum absolute atomic E-state index is 12.4. The van der Waals surface area contributed by atoms with Crippen molar-refractivity contribution >= 4 is 22.5 Å². The van der Waals surface area contributed by atoms with Crippen molar-refractivity contribution in [3.63, 3.8) is 0 Å². The van der Waals surface area contributed by atoms with Gasteiger partial charge in [-0.15, -0.1) is 0 Å². The molecule has 0 aliphatic heterocycles. The lowest BCUT2D eigenvalue weighted by atomic mass is 10.1. The number of nitrogens with one attached hydrogen (secondary N) is 1. The first-order valence-electron chi connectivity index (χ1n) is 6.48. The Morgan fingerprint density at radius 2 is 2.05 bits per heavy atom. The Morgan fingerprint density at radius 1 is 1.14 bits per heavy atom. The van der Waals surface area contributed by atoms with Gasteiger partial charge in [-0.05, 0) is 24.3 Å². The molecule has 5 nitrogen and oxygen atoms in total. The number of rotatable bonds is 3. The molecule has 0 aliphatic carbocycles. The van der Waals surface area contributed by atoms with Gasteiger partial charge in [0.15, 0.2) is 0 Å². The summed E-state index contributed by atoms with van der Waals surface area (Å²) in [5.41, 5.74) is 2.43. The standard InChI is InChI=1S/C16H13N3O2/c20-10-11-6-8-17-9-15(11)19-16(21)13-3-1-5-14-12(13)4-2-7-18-14/h1-9,20H,10H2,(H,19,21). The van der Waals surface area contributed by atoms with Gasteiger partial charge in [-0.25, -0.2) is 0 Å². The average molecular weight is 279 g/mol. The van der Waals surface area contributed by atoms with E-state index in [0.717, 1.165) is 10.9 Å². The van der Waals surface area contributed by atoms with E-state index >= 15 is 0 Å². The molecule has 0 aliphatic rings. The number of nitrogens with zero attached hydrogens (tertiary/aromatic N) is 2. The summed E-state index contributed by atoms with van der Waals surface area (Å²) < 4.78 is 0. The molecule has 0 radical (unpaired) electrons. The van der Waals surface area contributed by atoms with Crippen LogP contribution in [0.3, 0.4) is 0 Å². The Hall–Kier alpha value is -2.79. The summed E-state index contributed by atoms with van der Waals surface area (Å²) in [5.74, 6) is -0.253. The third-order valence-electron chi connectivity index (χ3n) is 3.22. The first kappa shape index (κ1) is 13.2. The Balaban J connectivity index is 1.98. The third-order valence-corrected chi connectivity index (χ3v) is 3.22. The highest BCUT2D eigenvalue weighted by Crippen LogP contribution is 2.19. The van der Waals surface area contributed by atoms with Gasteiger partial charge in [-0.1, -0.05) is 12.1 Å².